The zero-order valence-corrected chi connectivity index (χ0v) is 24.1. The Morgan fingerprint density at radius 3 is 2.71 bits per heavy atom. The van der Waals surface area contributed by atoms with Crippen LogP contribution in [0.25, 0.3) is 10.9 Å². The minimum Gasteiger partial charge on any atom is -0.493 e. The summed E-state index contributed by atoms with van der Waals surface area (Å²) in [5.41, 5.74) is 1.20. The molecule has 3 heterocycles. The highest BCUT2D eigenvalue weighted by atomic mass is 19.3. The van der Waals surface area contributed by atoms with Gasteiger partial charge in [0.1, 0.15) is 17.7 Å². The van der Waals surface area contributed by atoms with Crippen molar-refractivity contribution in [3.05, 3.63) is 53.3 Å². The van der Waals surface area contributed by atoms with Gasteiger partial charge in [-0.05, 0) is 58.4 Å². The van der Waals surface area contributed by atoms with Crippen molar-refractivity contribution < 1.29 is 27.8 Å². The van der Waals surface area contributed by atoms with E-state index in [2.05, 4.69) is 20.2 Å². The van der Waals surface area contributed by atoms with Crippen molar-refractivity contribution in [3.8, 4) is 11.5 Å². The van der Waals surface area contributed by atoms with Crippen LogP contribution in [0.4, 0.5) is 19.4 Å². The topological polar surface area (TPSA) is 89.1 Å². The van der Waals surface area contributed by atoms with Crippen LogP contribution in [0.3, 0.4) is 0 Å². The van der Waals surface area contributed by atoms with Crippen molar-refractivity contribution in [2.45, 2.75) is 57.7 Å². The molecule has 2 aromatic carbocycles. The molecule has 11 heteroatoms. The number of rotatable bonds is 7. The molecule has 0 spiro atoms. The Hall–Kier alpha value is -3.57. The number of halogens is 2. The summed E-state index contributed by atoms with van der Waals surface area (Å²) in [5, 5.41) is 3.97. The highest BCUT2D eigenvalue weighted by Gasteiger charge is 2.44. The number of aromatic nitrogens is 2. The first-order valence-electron chi connectivity index (χ1n) is 14.0. The number of hydrogen-bond donors (Lipinski definition) is 1. The Bertz CT molecular complexity index is 1420. The van der Waals surface area contributed by atoms with Crippen LogP contribution in [0.5, 0.6) is 11.5 Å². The number of fused-ring (bicyclic) bond motifs is 1. The molecule has 5 rings (SSSR count). The molecule has 3 aromatic rings. The maximum atomic E-state index is 15.2. The molecule has 41 heavy (non-hydrogen) atoms. The van der Waals surface area contributed by atoms with Gasteiger partial charge in [-0.3, -0.25) is 0 Å². The van der Waals surface area contributed by atoms with Crippen LogP contribution >= 0.6 is 0 Å². The predicted octanol–water partition coefficient (Wildman–Crippen LogP) is 5.53. The molecule has 0 bridgehead atoms. The lowest BCUT2D eigenvalue weighted by Crippen LogP contribution is -2.53. The monoisotopic (exact) mass is 569 g/mol. The van der Waals surface area contributed by atoms with E-state index < -0.39 is 18.1 Å². The minimum absolute atomic E-state index is 0.000124. The number of piperazine rings is 1. The van der Waals surface area contributed by atoms with Crippen molar-refractivity contribution >= 4 is 22.8 Å². The Balaban J connectivity index is 1.43. The van der Waals surface area contributed by atoms with Crippen LogP contribution in [0, 0.1) is 6.92 Å². The summed E-state index contributed by atoms with van der Waals surface area (Å²) >= 11 is 0. The molecule has 0 aliphatic carbocycles. The zero-order chi connectivity index (χ0) is 29.3. The molecular formula is C30H37F2N5O4. The highest BCUT2D eigenvalue weighted by molar-refractivity contribution is 5.92. The predicted molar refractivity (Wildman–Crippen MR) is 152 cm³/mol. The first kappa shape index (κ1) is 28.9. The molecule has 0 saturated carbocycles. The fourth-order valence-corrected chi connectivity index (χ4v) is 5.52. The number of nitrogens with zero attached hydrogens (tertiary/aromatic N) is 4. The number of carbonyl (C=O) groups is 1. The number of ether oxygens (including phenoxy) is 3. The van der Waals surface area contributed by atoms with Gasteiger partial charge in [-0.15, -0.1) is 0 Å². The van der Waals surface area contributed by atoms with Gasteiger partial charge in [-0.25, -0.2) is 14.8 Å². The van der Waals surface area contributed by atoms with E-state index in [1.54, 1.807) is 36.1 Å². The number of carbonyl (C=O) groups excluding carboxylic acids is 1. The number of hydrogen-bond acceptors (Lipinski definition) is 8. The maximum absolute atomic E-state index is 15.2. The van der Waals surface area contributed by atoms with Gasteiger partial charge in [0.25, 0.3) is 5.92 Å². The smallest absolute Gasteiger partial charge is 0.415 e. The van der Waals surface area contributed by atoms with Gasteiger partial charge < -0.3 is 29.3 Å². The summed E-state index contributed by atoms with van der Waals surface area (Å²) in [5.74, 6) is -1.46. The first-order valence-corrected chi connectivity index (χ1v) is 14.0. The van der Waals surface area contributed by atoms with Gasteiger partial charge in [0.05, 0.1) is 12.6 Å². The lowest BCUT2D eigenvalue weighted by molar-refractivity contribution is -0.122. The summed E-state index contributed by atoms with van der Waals surface area (Å²) < 4.78 is 47.0. The maximum Gasteiger partial charge on any atom is 0.415 e. The van der Waals surface area contributed by atoms with Crippen molar-refractivity contribution in [2.75, 3.05) is 45.7 Å². The molecule has 9 nitrogen and oxygen atoms in total. The molecule has 220 valence electrons. The van der Waals surface area contributed by atoms with E-state index in [-0.39, 0.29) is 23.4 Å². The number of anilines is 1. The van der Waals surface area contributed by atoms with Gasteiger partial charge in [-0.2, -0.15) is 8.78 Å². The van der Waals surface area contributed by atoms with Gasteiger partial charge in [0, 0.05) is 55.3 Å². The van der Waals surface area contributed by atoms with Crippen molar-refractivity contribution in [3.63, 3.8) is 0 Å². The second-order valence-electron chi connectivity index (χ2n) is 10.9. The fraction of sp³-hybridized carbons (Fsp3) is 0.500. The Morgan fingerprint density at radius 1 is 1.20 bits per heavy atom. The normalized spacial score (nSPS) is 20.7. The van der Waals surface area contributed by atoms with E-state index in [0.29, 0.717) is 59.9 Å². The summed E-state index contributed by atoms with van der Waals surface area (Å²) in [6.45, 7) is 8.07. The molecule has 2 aliphatic rings. The van der Waals surface area contributed by atoms with Crippen molar-refractivity contribution in [1.82, 2.24) is 19.8 Å². The molecular weight excluding hydrogens is 532 g/mol. The number of benzene rings is 2. The van der Waals surface area contributed by atoms with E-state index >= 15 is 8.78 Å². The molecule has 1 amide bonds. The van der Waals surface area contributed by atoms with Crippen LogP contribution in [0.2, 0.25) is 0 Å². The third-order valence-electron chi connectivity index (χ3n) is 7.81. The number of methoxy groups -OCH3 is 1. The summed E-state index contributed by atoms with van der Waals surface area (Å²) in [4.78, 5) is 26.1. The van der Waals surface area contributed by atoms with Crippen molar-refractivity contribution in [1.29, 1.82) is 0 Å². The van der Waals surface area contributed by atoms with Gasteiger partial charge in [-0.1, -0.05) is 18.2 Å². The van der Waals surface area contributed by atoms with Crippen molar-refractivity contribution in [2.24, 2.45) is 0 Å². The molecule has 1 aromatic heterocycles. The number of nitrogens with one attached hydrogen (secondary N) is 1. The van der Waals surface area contributed by atoms with Gasteiger partial charge in [0.15, 0.2) is 11.5 Å². The number of amides is 1. The average Bonchev–Trinajstić information content (AvgIpc) is 3.49. The lowest BCUT2D eigenvalue weighted by atomic mass is 9.97. The molecule has 3 unspecified atom stereocenters. The van der Waals surface area contributed by atoms with E-state index in [1.165, 1.54) is 19.2 Å². The van der Waals surface area contributed by atoms with Gasteiger partial charge in [0.2, 0.25) is 0 Å². The summed E-state index contributed by atoms with van der Waals surface area (Å²) in [6.07, 6.45) is -0.599. The quantitative estimate of drug-likeness (QED) is 0.398. The average molecular weight is 570 g/mol. The van der Waals surface area contributed by atoms with Crippen LogP contribution in [0.1, 0.15) is 49.7 Å². The van der Waals surface area contributed by atoms with Crippen LogP contribution in [-0.4, -0.2) is 78.4 Å². The fourth-order valence-electron chi connectivity index (χ4n) is 5.52. The molecule has 1 N–H and O–H groups in total. The second kappa shape index (κ2) is 11.7. The zero-order valence-electron chi connectivity index (χ0n) is 24.1. The SMILES string of the molecule is COc1cc2nc(C)nc(NC(C)c3cccc(C(F)(F)C4CCCO4)c3)c2cc1OC(=O)N1CCN(C)CC1C. The third kappa shape index (κ3) is 6.06. The van der Waals surface area contributed by atoms with E-state index in [0.717, 1.165) is 13.1 Å². The number of aryl methyl sites for hydroxylation is 1. The number of likely N-dealkylation sites (N-methyl/N-ethyl adjacent to an activating group) is 1. The summed E-state index contributed by atoms with van der Waals surface area (Å²) in [6, 6.07) is 9.42. The Labute approximate surface area is 238 Å². The molecule has 0 radical (unpaired) electrons. The molecule has 2 saturated heterocycles. The minimum atomic E-state index is -3.08. The number of alkyl halides is 2. The highest BCUT2D eigenvalue weighted by Crippen LogP contribution is 2.40. The Kier molecular flexibility index (Phi) is 8.28. The lowest BCUT2D eigenvalue weighted by Gasteiger charge is -2.37. The van der Waals surface area contributed by atoms with E-state index in [9.17, 15) is 4.79 Å². The largest absolute Gasteiger partial charge is 0.493 e. The van der Waals surface area contributed by atoms with Crippen LogP contribution in [-0.2, 0) is 10.7 Å². The van der Waals surface area contributed by atoms with E-state index in [1.807, 2.05) is 20.9 Å². The first-order chi connectivity index (χ1) is 19.6. The standard InChI is InChI=1S/C30H37F2N5O4/c1-18-17-36(4)11-12-37(18)29(38)41-26-15-23-24(16-25(26)39-5)34-20(3)35-28(23)33-19(2)21-8-6-9-22(14-21)30(31,32)27-10-7-13-40-27/h6,8-9,14-16,18-19,27H,7,10-13,17H2,1-5H3,(H,33,34,35). The molecule has 2 fully saturated rings. The molecule has 3 atom stereocenters. The molecule has 2 aliphatic heterocycles. The third-order valence-corrected chi connectivity index (χ3v) is 7.81. The van der Waals surface area contributed by atoms with Crippen LogP contribution < -0.4 is 14.8 Å². The Morgan fingerprint density at radius 2 is 2.00 bits per heavy atom. The second-order valence-corrected chi connectivity index (χ2v) is 10.9. The van der Waals surface area contributed by atoms with Gasteiger partial charge >= 0.3 is 6.09 Å². The van der Waals surface area contributed by atoms with Crippen LogP contribution in [0.15, 0.2) is 36.4 Å². The van der Waals surface area contributed by atoms with E-state index in [4.69, 9.17) is 14.2 Å². The summed E-state index contributed by atoms with van der Waals surface area (Å²) in [7, 11) is 3.53.